The van der Waals surface area contributed by atoms with E-state index in [1.807, 2.05) is 12.1 Å². The number of hydrogen-bond donors (Lipinski definition) is 2. The van der Waals surface area contributed by atoms with E-state index in [-0.39, 0.29) is 42.5 Å². The molecule has 4 amide bonds. The molecule has 0 aromatic heterocycles. The Labute approximate surface area is 197 Å². The van der Waals surface area contributed by atoms with Crippen molar-refractivity contribution < 1.29 is 23.9 Å². The number of ether oxygens (including phenoxy) is 1. The van der Waals surface area contributed by atoms with Gasteiger partial charge >= 0.3 is 0 Å². The van der Waals surface area contributed by atoms with Crippen molar-refractivity contribution in [3.05, 3.63) is 54.1 Å². The predicted octanol–water partition coefficient (Wildman–Crippen LogP) is 2.02. The lowest BCUT2D eigenvalue weighted by atomic mass is 9.95. The molecule has 4 rings (SSSR count). The van der Waals surface area contributed by atoms with E-state index in [2.05, 4.69) is 5.32 Å². The van der Waals surface area contributed by atoms with Gasteiger partial charge in [0.05, 0.1) is 30.0 Å². The molecule has 2 aliphatic heterocycles. The lowest BCUT2D eigenvalue weighted by Crippen LogP contribution is -2.42. The third-order valence-electron chi connectivity index (χ3n) is 6.47. The van der Waals surface area contributed by atoms with Crippen LogP contribution in [0.5, 0.6) is 5.75 Å². The molecule has 2 aromatic rings. The van der Waals surface area contributed by atoms with Crippen LogP contribution in [0.4, 0.5) is 11.4 Å². The molecule has 2 aromatic carbocycles. The second-order valence-electron chi connectivity index (χ2n) is 8.58. The Balaban J connectivity index is 1.45. The molecule has 0 saturated carbocycles. The standard InChI is InChI=1S/C25H28N4O5/c1-34-21-9-5-4-8-20(21)29-15-17(14-22(29)30)24(32)27-19-7-3-2-6-18(19)25(33)28-12-10-16(11-13-28)23(26)31/h2-9,16-17H,10-15H2,1H3,(H2,26,31)(H,27,32). The molecule has 0 bridgehead atoms. The SMILES string of the molecule is COc1ccccc1N1CC(C(=O)Nc2ccccc2C(=O)N2CCC(C(N)=O)CC2)CC1=O. The summed E-state index contributed by atoms with van der Waals surface area (Å²) in [7, 11) is 1.54. The highest BCUT2D eigenvalue weighted by Gasteiger charge is 2.37. The van der Waals surface area contributed by atoms with Crippen molar-refractivity contribution in [2.75, 3.05) is 37.0 Å². The fourth-order valence-electron chi connectivity index (χ4n) is 4.52. The Hall–Kier alpha value is -3.88. The molecule has 34 heavy (non-hydrogen) atoms. The molecule has 9 heteroatoms. The van der Waals surface area contributed by atoms with Crippen LogP contribution in [0.15, 0.2) is 48.5 Å². The molecule has 0 spiro atoms. The van der Waals surface area contributed by atoms with Gasteiger partial charge in [-0.1, -0.05) is 24.3 Å². The van der Waals surface area contributed by atoms with Gasteiger partial charge in [-0.05, 0) is 37.1 Å². The Bertz CT molecular complexity index is 1110. The second kappa shape index (κ2) is 9.94. The summed E-state index contributed by atoms with van der Waals surface area (Å²) in [5, 5.41) is 2.85. The van der Waals surface area contributed by atoms with E-state index in [0.29, 0.717) is 48.6 Å². The maximum Gasteiger partial charge on any atom is 0.255 e. The fraction of sp³-hybridized carbons (Fsp3) is 0.360. The minimum absolute atomic E-state index is 0.0701. The first-order valence-electron chi connectivity index (χ1n) is 11.3. The molecule has 0 radical (unpaired) electrons. The smallest absolute Gasteiger partial charge is 0.255 e. The van der Waals surface area contributed by atoms with E-state index in [0.717, 1.165) is 0 Å². The summed E-state index contributed by atoms with van der Waals surface area (Å²) in [6, 6.07) is 14.0. The number of likely N-dealkylation sites (tertiary alicyclic amines) is 1. The Morgan fingerprint density at radius 1 is 1.00 bits per heavy atom. The van der Waals surface area contributed by atoms with Crippen molar-refractivity contribution >= 4 is 35.0 Å². The zero-order valence-corrected chi connectivity index (χ0v) is 19.0. The number of nitrogens with one attached hydrogen (secondary N) is 1. The van der Waals surface area contributed by atoms with E-state index in [1.165, 1.54) is 7.11 Å². The fourth-order valence-corrected chi connectivity index (χ4v) is 4.52. The normalized spacial score (nSPS) is 18.6. The average Bonchev–Trinajstić information content (AvgIpc) is 3.25. The number of benzene rings is 2. The van der Waals surface area contributed by atoms with E-state index in [1.54, 1.807) is 46.2 Å². The number of rotatable bonds is 6. The summed E-state index contributed by atoms with van der Waals surface area (Å²) in [5.41, 5.74) is 6.79. The van der Waals surface area contributed by atoms with Gasteiger partial charge in [-0.3, -0.25) is 19.2 Å². The van der Waals surface area contributed by atoms with Gasteiger partial charge in [0.15, 0.2) is 0 Å². The maximum absolute atomic E-state index is 13.1. The number of carbonyl (C=O) groups excluding carboxylic acids is 4. The summed E-state index contributed by atoms with van der Waals surface area (Å²) in [5.74, 6) is -1.25. The van der Waals surface area contributed by atoms with Crippen LogP contribution in [0.1, 0.15) is 29.6 Å². The first-order chi connectivity index (χ1) is 16.4. The van der Waals surface area contributed by atoms with Gasteiger partial charge in [0.1, 0.15) is 5.75 Å². The van der Waals surface area contributed by atoms with Crippen LogP contribution in [0.25, 0.3) is 0 Å². The quantitative estimate of drug-likeness (QED) is 0.677. The maximum atomic E-state index is 13.1. The van der Waals surface area contributed by atoms with E-state index >= 15 is 0 Å². The first-order valence-corrected chi connectivity index (χ1v) is 11.3. The highest BCUT2D eigenvalue weighted by molar-refractivity contribution is 6.07. The molecule has 2 aliphatic rings. The number of methoxy groups -OCH3 is 1. The number of nitrogens with two attached hydrogens (primary N) is 1. The number of amides is 4. The third kappa shape index (κ3) is 4.73. The van der Waals surface area contributed by atoms with Crippen LogP contribution < -0.4 is 20.7 Å². The van der Waals surface area contributed by atoms with Crippen LogP contribution in [0.3, 0.4) is 0 Å². The average molecular weight is 465 g/mol. The van der Waals surface area contributed by atoms with Crippen molar-refractivity contribution in [3.8, 4) is 5.75 Å². The zero-order chi connectivity index (χ0) is 24.2. The summed E-state index contributed by atoms with van der Waals surface area (Å²) in [6.07, 6.45) is 1.12. The van der Waals surface area contributed by atoms with Gasteiger partial charge in [0.2, 0.25) is 17.7 Å². The van der Waals surface area contributed by atoms with Gasteiger partial charge < -0.3 is 25.6 Å². The monoisotopic (exact) mass is 464 g/mol. The summed E-state index contributed by atoms with van der Waals surface area (Å²) >= 11 is 0. The molecule has 178 valence electrons. The van der Waals surface area contributed by atoms with Crippen molar-refractivity contribution in [1.29, 1.82) is 0 Å². The van der Waals surface area contributed by atoms with Crippen LogP contribution in [-0.4, -0.2) is 55.3 Å². The van der Waals surface area contributed by atoms with Gasteiger partial charge in [-0.2, -0.15) is 0 Å². The topological polar surface area (TPSA) is 122 Å². The Morgan fingerprint density at radius 3 is 2.38 bits per heavy atom. The molecule has 0 aliphatic carbocycles. The van der Waals surface area contributed by atoms with Crippen LogP contribution >= 0.6 is 0 Å². The third-order valence-corrected chi connectivity index (χ3v) is 6.47. The molecule has 2 fully saturated rings. The minimum Gasteiger partial charge on any atom is -0.495 e. The first kappa shape index (κ1) is 23.3. The number of primary amides is 1. The number of para-hydroxylation sites is 3. The highest BCUT2D eigenvalue weighted by atomic mass is 16.5. The molecule has 2 saturated heterocycles. The number of nitrogens with zero attached hydrogens (tertiary/aromatic N) is 2. The number of carbonyl (C=O) groups is 4. The lowest BCUT2D eigenvalue weighted by molar-refractivity contribution is -0.123. The molecule has 3 N–H and O–H groups in total. The summed E-state index contributed by atoms with van der Waals surface area (Å²) in [6.45, 7) is 1.08. The van der Waals surface area contributed by atoms with Gasteiger partial charge in [0.25, 0.3) is 5.91 Å². The number of hydrogen-bond acceptors (Lipinski definition) is 5. The van der Waals surface area contributed by atoms with Crippen LogP contribution in [0, 0.1) is 11.8 Å². The molecular weight excluding hydrogens is 436 g/mol. The minimum atomic E-state index is -0.563. The van der Waals surface area contributed by atoms with Gasteiger partial charge in [0, 0.05) is 32.0 Å². The highest BCUT2D eigenvalue weighted by Crippen LogP contribution is 2.33. The summed E-state index contributed by atoms with van der Waals surface area (Å²) < 4.78 is 5.35. The molecule has 1 atom stereocenters. The van der Waals surface area contributed by atoms with Crippen LogP contribution in [-0.2, 0) is 14.4 Å². The Kier molecular flexibility index (Phi) is 6.81. The zero-order valence-electron chi connectivity index (χ0n) is 19.0. The molecule has 2 heterocycles. The number of piperidine rings is 1. The van der Waals surface area contributed by atoms with E-state index in [4.69, 9.17) is 10.5 Å². The number of anilines is 2. The lowest BCUT2D eigenvalue weighted by Gasteiger charge is -2.31. The van der Waals surface area contributed by atoms with Crippen molar-refractivity contribution in [2.24, 2.45) is 17.6 Å². The molecule has 9 nitrogen and oxygen atoms in total. The van der Waals surface area contributed by atoms with Crippen molar-refractivity contribution in [3.63, 3.8) is 0 Å². The van der Waals surface area contributed by atoms with Crippen molar-refractivity contribution in [2.45, 2.75) is 19.3 Å². The van der Waals surface area contributed by atoms with E-state index < -0.39 is 5.92 Å². The molecular formula is C25H28N4O5. The van der Waals surface area contributed by atoms with Gasteiger partial charge in [-0.15, -0.1) is 0 Å². The van der Waals surface area contributed by atoms with Crippen molar-refractivity contribution in [1.82, 2.24) is 4.90 Å². The predicted molar refractivity (Wildman–Crippen MR) is 126 cm³/mol. The summed E-state index contributed by atoms with van der Waals surface area (Å²) in [4.78, 5) is 53.5. The largest absolute Gasteiger partial charge is 0.495 e. The molecule has 1 unspecified atom stereocenters. The van der Waals surface area contributed by atoms with Gasteiger partial charge in [-0.25, -0.2) is 0 Å². The Morgan fingerprint density at radius 2 is 1.68 bits per heavy atom. The van der Waals surface area contributed by atoms with Crippen LogP contribution in [0.2, 0.25) is 0 Å². The van der Waals surface area contributed by atoms with E-state index in [9.17, 15) is 19.2 Å². The second-order valence-corrected chi connectivity index (χ2v) is 8.58.